The Hall–Kier alpha value is -1.02. The Balaban J connectivity index is 2.14. The fourth-order valence-electron chi connectivity index (χ4n) is 2.31. The standard InChI is InChI=1S/C14H21NO/c1-3-14(2,11-16)10-15-9-8-12-6-4-5-7-13(12)15/h4-7,16H,3,8-11H2,1-2H3. The van der Waals surface area contributed by atoms with Crippen LogP contribution in [-0.2, 0) is 6.42 Å². The molecule has 0 saturated heterocycles. The van der Waals surface area contributed by atoms with Gasteiger partial charge in [0.2, 0.25) is 0 Å². The molecule has 1 aliphatic rings. The summed E-state index contributed by atoms with van der Waals surface area (Å²) in [4.78, 5) is 2.41. The number of rotatable bonds is 4. The van der Waals surface area contributed by atoms with Gasteiger partial charge >= 0.3 is 0 Å². The van der Waals surface area contributed by atoms with E-state index >= 15 is 0 Å². The zero-order valence-electron chi connectivity index (χ0n) is 10.2. The summed E-state index contributed by atoms with van der Waals surface area (Å²) in [6.45, 7) is 6.63. The van der Waals surface area contributed by atoms with Gasteiger partial charge in [-0.1, -0.05) is 32.0 Å². The van der Waals surface area contributed by atoms with E-state index in [9.17, 15) is 5.11 Å². The average molecular weight is 219 g/mol. The highest BCUT2D eigenvalue weighted by atomic mass is 16.3. The number of benzene rings is 1. The third kappa shape index (κ3) is 2.07. The van der Waals surface area contributed by atoms with Gasteiger partial charge < -0.3 is 10.0 Å². The third-order valence-electron chi connectivity index (χ3n) is 3.79. The van der Waals surface area contributed by atoms with Crippen molar-refractivity contribution < 1.29 is 5.11 Å². The molecule has 88 valence electrons. The molecule has 2 heteroatoms. The van der Waals surface area contributed by atoms with E-state index in [0.29, 0.717) is 0 Å². The van der Waals surface area contributed by atoms with E-state index in [4.69, 9.17) is 0 Å². The van der Waals surface area contributed by atoms with Gasteiger partial charge in [-0.05, 0) is 24.5 Å². The lowest BCUT2D eigenvalue weighted by atomic mass is 9.88. The van der Waals surface area contributed by atoms with Crippen LogP contribution < -0.4 is 4.90 Å². The molecule has 0 aromatic heterocycles. The third-order valence-corrected chi connectivity index (χ3v) is 3.79. The molecule has 1 aromatic carbocycles. The van der Waals surface area contributed by atoms with Crippen molar-refractivity contribution in [3.8, 4) is 0 Å². The van der Waals surface area contributed by atoms with Crippen molar-refractivity contribution in [3.63, 3.8) is 0 Å². The van der Waals surface area contributed by atoms with E-state index in [1.54, 1.807) is 0 Å². The fraction of sp³-hybridized carbons (Fsp3) is 0.571. The molecule has 1 unspecified atom stereocenters. The monoisotopic (exact) mass is 219 g/mol. The largest absolute Gasteiger partial charge is 0.396 e. The van der Waals surface area contributed by atoms with Crippen molar-refractivity contribution >= 4 is 5.69 Å². The van der Waals surface area contributed by atoms with Crippen LogP contribution in [0.1, 0.15) is 25.8 Å². The Kier molecular flexibility index (Phi) is 3.20. The number of anilines is 1. The molecule has 1 aliphatic heterocycles. The summed E-state index contributed by atoms with van der Waals surface area (Å²) in [6.07, 6.45) is 2.16. The second kappa shape index (κ2) is 4.46. The lowest BCUT2D eigenvalue weighted by Crippen LogP contribution is -2.37. The number of hydrogen-bond donors (Lipinski definition) is 1. The van der Waals surface area contributed by atoms with Crippen LogP contribution in [0.5, 0.6) is 0 Å². The summed E-state index contributed by atoms with van der Waals surface area (Å²) in [7, 11) is 0. The lowest BCUT2D eigenvalue weighted by Gasteiger charge is -2.32. The summed E-state index contributed by atoms with van der Waals surface area (Å²) in [5, 5.41) is 9.47. The van der Waals surface area contributed by atoms with Gasteiger partial charge in [-0.2, -0.15) is 0 Å². The Bertz CT molecular complexity index is 358. The lowest BCUT2D eigenvalue weighted by molar-refractivity contribution is 0.143. The van der Waals surface area contributed by atoms with Crippen LogP contribution in [0.25, 0.3) is 0 Å². The van der Waals surface area contributed by atoms with E-state index in [0.717, 1.165) is 25.9 Å². The second-order valence-corrected chi connectivity index (χ2v) is 5.12. The van der Waals surface area contributed by atoms with Crippen LogP contribution in [0.2, 0.25) is 0 Å². The summed E-state index contributed by atoms with van der Waals surface area (Å²) in [5.74, 6) is 0. The molecule has 0 radical (unpaired) electrons. The number of aliphatic hydroxyl groups excluding tert-OH is 1. The van der Waals surface area contributed by atoms with Gasteiger partial charge in [0.15, 0.2) is 0 Å². The van der Waals surface area contributed by atoms with Gasteiger partial charge in [0, 0.05) is 24.2 Å². The highest BCUT2D eigenvalue weighted by Gasteiger charge is 2.27. The highest BCUT2D eigenvalue weighted by Crippen LogP contribution is 2.31. The Labute approximate surface area is 97.9 Å². The van der Waals surface area contributed by atoms with Crippen LogP contribution in [0.4, 0.5) is 5.69 Å². The average Bonchev–Trinajstić information content (AvgIpc) is 2.73. The molecule has 1 atom stereocenters. The van der Waals surface area contributed by atoms with Crippen LogP contribution >= 0.6 is 0 Å². The smallest absolute Gasteiger partial charge is 0.0501 e. The number of nitrogens with zero attached hydrogens (tertiary/aromatic N) is 1. The van der Waals surface area contributed by atoms with Gasteiger partial charge in [0.1, 0.15) is 0 Å². The van der Waals surface area contributed by atoms with Crippen molar-refractivity contribution in [2.24, 2.45) is 5.41 Å². The Morgan fingerprint density at radius 3 is 2.81 bits per heavy atom. The first-order valence-electron chi connectivity index (χ1n) is 6.12. The minimum Gasteiger partial charge on any atom is -0.396 e. The molecule has 0 amide bonds. The molecule has 0 bridgehead atoms. The normalized spacial score (nSPS) is 18.3. The number of fused-ring (bicyclic) bond motifs is 1. The van der Waals surface area contributed by atoms with E-state index in [-0.39, 0.29) is 12.0 Å². The van der Waals surface area contributed by atoms with Gasteiger partial charge in [0.25, 0.3) is 0 Å². The van der Waals surface area contributed by atoms with E-state index in [2.05, 4.69) is 43.0 Å². The summed E-state index contributed by atoms with van der Waals surface area (Å²) in [6, 6.07) is 8.60. The molecule has 1 heterocycles. The Morgan fingerprint density at radius 1 is 1.38 bits per heavy atom. The molecule has 0 aliphatic carbocycles. The molecular weight excluding hydrogens is 198 g/mol. The Morgan fingerprint density at radius 2 is 2.12 bits per heavy atom. The van der Waals surface area contributed by atoms with Crippen LogP contribution in [0.3, 0.4) is 0 Å². The van der Waals surface area contributed by atoms with Crippen LogP contribution in [0, 0.1) is 5.41 Å². The molecule has 1 aromatic rings. The molecule has 1 N–H and O–H groups in total. The fourth-order valence-corrected chi connectivity index (χ4v) is 2.31. The topological polar surface area (TPSA) is 23.5 Å². The van der Waals surface area contributed by atoms with Crippen molar-refractivity contribution in [1.82, 2.24) is 0 Å². The second-order valence-electron chi connectivity index (χ2n) is 5.12. The van der Waals surface area contributed by atoms with Gasteiger partial charge in [-0.25, -0.2) is 0 Å². The molecular formula is C14H21NO. The van der Waals surface area contributed by atoms with Crippen molar-refractivity contribution in [1.29, 1.82) is 0 Å². The molecule has 0 saturated carbocycles. The maximum absolute atomic E-state index is 9.47. The van der Waals surface area contributed by atoms with Crippen molar-refractivity contribution in [2.45, 2.75) is 26.7 Å². The zero-order valence-corrected chi connectivity index (χ0v) is 10.2. The molecule has 2 nitrogen and oxygen atoms in total. The maximum Gasteiger partial charge on any atom is 0.0501 e. The van der Waals surface area contributed by atoms with E-state index < -0.39 is 0 Å². The SMILES string of the molecule is CCC(C)(CO)CN1CCc2ccccc21. The first kappa shape index (κ1) is 11.5. The predicted octanol–water partition coefficient (Wildman–Crippen LogP) is 2.46. The first-order valence-corrected chi connectivity index (χ1v) is 6.12. The van der Waals surface area contributed by atoms with Crippen LogP contribution in [0.15, 0.2) is 24.3 Å². The van der Waals surface area contributed by atoms with Gasteiger partial charge in [-0.3, -0.25) is 0 Å². The van der Waals surface area contributed by atoms with Crippen molar-refractivity contribution in [2.75, 3.05) is 24.6 Å². The molecule has 0 fully saturated rings. The predicted molar refractivity (Wildman–Crippen MR) is 67.8 cm³/mol. The molecule has 2 rings (SSSR count). The quantitative estimate of drug-likeness (QED) is 0.841. The van der Waals surface area contributed by atoms with E-state index in [1.807, 2.05) is 0 Å². The summed E-state index contributed by atoms with van der Waals surface area (Å²) >= 11 is 0. The molecule has 16 heavy (non-hydrogen) atoms. The summed E-state index contributed by atoms with van der Waals surface area (Å²) < 4.78 is 0. The number of para-hydroxylation sites is 1. The van der Waals surface area contributed by atoms with Crippen molar-refractivity contribution in [3.05, 3.63) is 29.8 Å². The van der Waals surface area contributed by atoms with E-state index in [1.165, 1.54) is 11.3 Å². The molecule has 0 spiro atoms. The van der Waals surface area contributed by atoms with Crippen LogP contribution in [-0.4, -0.2) is 24.8 Å². The first-order chi connectivity index (χ1) is 7.68. The zero-order chi connectivity index (χ0) is 11.6. The number of aliphatic hydroxyl groups is 1. The minimum atomic E-state index is 0.0252. The maximum atomic E-state index is 9.47. The minimum absolute atomic E-state index is 0.0252. The highest BCUT2D eigenvalue weighted by molar-refractivity contribution is 5.57. The number of hydrogen-bond acceptors (Lipinski definition) is 2. The van der Waals surface area contributed by atoms with Gasteiger partial charge in [-0.15, -0.1) is 0 Å². The summed E-state index contributed by atoms with van der Waals surface area (Å²) in [5.41, 5.74) is 2.83. The van der Waals surface area contributed by atoms with Gasteiger partial charge in [0.05, 0.1) is 6.61 Å².